The van der Waals surface area contributed by atoms with E-state index in [9.17, 15) is 0 Å². The molecule has 3 saturated carbocycles. The second-order valence-electron chi connectivity index (χ2n) is 5.32. The van der Waals surface area contributed by atoms with Gasteiger partial charge in [-0.15, -0.1) is 0 Å². The van der Waals surface area contributed by atoms with Gasteiger partial charge in [-0.2, -0.15) is 0 Å². The van der Waals surface area contributed by atoms with Gasteiger partial charge in [-0.05, 0) is 49.4 Å². The fourth-order valence-electron chi connectivity index (χ4n) is 3.05. The zero-order chi connectivity index (χ0) is 10.2. The van der Waals surface area contributed by atoms with Crippen LogP contribution in [-0.2, 0) is 0 Å². The van der Waals surface area contributed by atoms with Crippen molar-refractivity contribution in [1.82, 2.24) is 0 Å². The number of alkyl halides is 4. The second-order valence-corrected chi connectivity index (χ2v) is 12.9. The number of halogens is 4. The third-order valence-corrected chi connectivity index (χ3v) is 9.07. The maximum Gasteiger partial charge on any atom is 0.0868 e. The van der Waals surface area contributed by atoms with Crippen molar-refractivity contribution in [2.24, 2.45) is 10.8 Å². The van der Waals surface area contributed by atoms with Gasteiger partial charge in [0, 0.05) is 0 Å². The average molecular weight is 452 g/mol. The highest BCUT2D eigenvalue weighted by Gasteiger charge is 2.72. The first-order valence-electron chi connectivity index (χ1n) is 5.08. The largest absolute Gasteiger partial charge is 0.0868 e. The van der Waals surface area contributed by atoms with E-state index in [2.05, 4.69) is 63.7 Å². The Morgan fingerprint density at radius 3 is 0.929 bits per heavy atom. The summed E-state index contributed by atoms with van der Waals surface area (Å²) in [7, 11) is 0. The molecule has 3 aliphatic rings. The van der Waals surface area contributed by atoms with Crippen LogP contribution in [0.1, 0.15) is 38.5 Å². The molecular formula is C10H12Br4. The van der Waals surface area contributed by atoms with Crippen molar-refractivity contribution in [2.45, 2.75) is 45.0 Å². The minimum atomic E-state index is 0.283. The van der Waals surface area contributed by atoms with Crippen LogP contribution in [0.4, 0.5) is 0 Å². The van der Waals surface area contributed by atoms with E-state index >= 15 is 0 Å². The molecule has 0 unspecified atom stereocenters. The number of hydrogen-bond acceptors (Lipinski definition) is 0. The lowest BCUT2D eigenvalue weighted by Crippen LogP contribution is -2.23. The molecule has 3 aliphatic carbocycles. The van der Waals surface area contributed by atoms with Gasteiger partial charge in [0.25, 0.3) is 0 Å². The molecule has 0 aliphatic heterocycles. The van der Waals surface area contributed by atoms with E-state index in [1.165, 1.54) is 38.5 Å². The maximum absolute atomic E-state index is 3.78. The van der Waals surface area contributed by atoms with Crippen molar-refractivity contribution in [3.05, 3.63) is 0 Å². The van der Waals surface area contributed by atoms with Gasteiger partial charge in [0.1, 0.15) is 0 Å². The van der Waals surface area contributed by atoms with Crippen molar-refractivity contribution in [2.75, 3.05) is 0 Å². The minimum Gasteiger partial charge on any atom is -0.0721 e. The smallest absolute Gasteiger partial charge is 0.0721 e. The Morgan fingerprint density at radius 1 is 0.571 bits per heavy atom. The highest BCUT2D eigenvalue weighted by Crippen LogP contribution is 2.80. The first kappa shape index (κ1) is 11.0. The van der Waals surface area contributed by atoms with E-state index in [1.54, 1.807) is 0 Å². The van der Waals surface area contributed by atoms with Crippen LogP contribution in [0.15, 0.2) is 0 Å². The Hall–Kier alpha value is 1.92. The molecule has 0 heterocycles. The van der Waals surface area contributed by atoms with Crippen LogP contribution >= 0.6 is 63.7 Å². The Bertz CT molecular complexity index is 256. The third kappa shape index (κ3) is 1.32. The molecule has 0 nitrogen and oxygen atoms in total. The first-order valence-corrected chi connectivity index (χ1v) is 8.26. The van der Waals surface area contributed by atoms with Gasteiger partial charge in [-0.3, -0.25) is 0 Å². The van der Waals surface area contributed by atoms with Crippen LogP contribution in [0.2, 0.25) is 0 Å². The van der Waals surface area contributed by atoms with E-state index < -0.39 is 0 Å². The highest BCUT2D eigenvalue weighted by atomic mass is 79.9. The van der Waals surface area contributed by atoms with Gasteiger partial charge in [-0.1, -0.05) is 63.7 Å². The Labute approximate surface area is 118 Å². The molecule has 0 aromatic heterocycles. The lowest BCUT2D eigenvalue weighted by Gasteiger charge is -2.31. The van der Waals surface area contributed by atoms with Gasteiger partial charge in [0.05, 0.1) is 6.47 Å². The van der Waals surface area contributed by atoms with Crippen LogP contribution in [0.5, 0.6) is 0 Å². The molecule has 2 spiro atoms. The summed E-state index contributed by atoms with van der Waals surface area (Å²) in [5.74, 6) is 0. The topological polar surface area (TPSA) is 0 Å². The third-order valence-electron chi connectivity index (χ3n) is 4.59. The summed E-state index contributed by atoms with van der Waals surface area (Å²) in [5.41, 5.74) is 1.16. The lowest BCUT2D eigenvalue weighted by atomic mass is 9.78. The lowest BCUT2D eigenvalue weighted by molar-refractivity contribution is 0.240. The van der Waals surface area contributed by atoms with E-state index in [1.807, 2.05) is 0 Å². The molecule has 80 valence electrons. The predicted molar refractivity (Wildman–Crippen MR) is 73.7 cm³/mol. The van der Waals surface area contributed by atoms with E-state index in [-0.39, 0.29) is 6.47 Å². The fourth-order valence-corrected chi connectivity index (χ4v) is 6.79. The Morgan fingerprint density at radius 2 is 0.786 bits per heavy atom. The van der Waals surface area contributed by atoms with Crippen LogP contribution in [0.25, 0.3) is 0 Å². The van der Waals surface area contributed by atoms with E-state index in [0.29, 0.717) is 10.8 Å². The van der Waals surface area contributed by atoms with Crippen LogP contribution < -0.4 is 0 Å². The maximum atomic E-state index is 3.78. The van der Waals surface area contributed by atoms with Gasteiger partial charge in [0.2, 0.25) is 0 Å². The van der Waals surface area contributed by atoms with Crippen molar-refractivity contribution >= 4 is 63.7 Å². The molecule has 14 heavy (non-hydrogen) atoms. The highest BCUT2D eigenvalue weighted by molar-refractivity contribution is 9.26. The van der Waals surface area contributed by atoms with Gasteiger partial charge < -0.3 is 0 Å². The van der Waals surface area contributed by atoms with Crippen LogP contribution in [0.3, 0.4) is 0 Å². The van der Waals surface area contributed by atoms with Crippen molar-refractivity contribution in [3.8, 4) is 0 Å². The Kier molecular flexibility index (Phi) is 2.24. The molecule has 4 heteroatoms. The summed E-state index contributed by atoms with van der Waals surface area (Å²) in [6.07, 6.45) is 8.14. The van der Waals surface area contributed by atoms with E-state index in [4.69, 9.17) is 0 Å². The zero-order valence-electron chi connectivity index (χ0n) is 7.75. The molecule has 3 rings (SSSR count). The van der Waals surface area contributed by atoms with Crippen LogP contribution in [-0.4, -0.2) is 6.47 Å². The number of rotatable bonds is 0. The minimum absolute atomic E-state index is 0.283. The molecule has 0 bridgehead atoms. The molecule has 0 saturated heterocycles. The van der Waals surface area contributed by atoms with Crippen molar-refractivity contribution in [1.29, 1.82) is 0 Å². The molecule has 0 aromatic rings. The normalized spacial score (nSPS) is 52.3. The summed E-state index contributed by atoms with van der Waals surface area (Å²) in [4.78, 5) is 0. The molecule has 0 aromatic carbocycles. The quantitative estimate of drug-likeness (QED) is 0.438. The summed E-state index contributed by atoms with van der Waals surface area (Å²) < 4.78 is 0.565. The Balaban J connectivity index is 1.71. The van der Waals surface area contributed by atoms with Gasteiger partial charge in [-0.25, -0.2) is 0 Å². The van der Waals surface area contributed by atoms with Crippen LogP contribution in [0, 0.1) is 10.8 Å². The van der Waals surface area contributed by atoms with Crippen molar-refractivity contribution < 1.29 is 0 Å². The molecule has 0 amide bonds. The molecule has 0 atom stereocenters. The van der Waals surface area contributed by atoms with Gasteiger partial charge >= 0.3 is 0 Å². The molecular weight excluding hydrogens is 440 g/mol. The standard InChI is InChI=1S/C10H12Br4/c11-9(12)5-7(9)1-2-8(4-3-7)6-10(8,13)14/h1-6H2. The molecule has 3 fully saturated rings. The fraction of sp³-hybridized carbons (Fsp3) is 1.00. The number of hydrogen-bond donors (Lipinski definition) is 0. The van der Waals surface area contributed by atoms with E-state index in [0.717, 1.165) is 0 Å². The van der Waals surface area contributed by atoms with Crippen molar-refractivity contribution in [3.63, 3.8) is 0 Å². The van der Waals surface area contributed by atoms with Gasteiger partial charge in [0.15, 0.2) is 0 Å². The summed E-state index contributed by atoms with van der Waals surface area (Å²) >= 11 is 15.1. The predicted octanol–water partition coefficient (Wildman–Crippen LogP) is 5.31. The molecule has 0 radical (unpaired) electrons. The summed E-state index contributed by atoms with van der Waals surface area (Å²) in [6.45, 7) is 0. The summed E-state index contributed by atoms with van der Waals surface area (Å²) in [6, 6.07) is 0. The average Bonchev–Trinajstić information content (AvgIpc) is 2.78. The molecule has 0 N–H and O–H groups in total. The summed E-state index contributed by atoms with van der Waals surface area (Å²) in [5, 5.41) is 0. The second kappa shape index (κ2) is 2.84. The monoisotopic (exact) mass is 448 g/mol. The SMILES string of the molecule is BrC1(Br)CC12CCC1(CC2)CC1(Br)Br. The first-order chi connectivity index (χ1) is 6.33. The zero-order valence-corrected chi connectivity index (χ0v) is 14.1.